The van der Waals surface area contributed by atoms with Crippen LogP contribution in [-0.2, 0) is 0 Å². The highest BCUT2D eigenvalue weighted by Crippen LogP contribution is 2.45. The molecule has 3 heterocycles. The number of nitrogens with zero attached hydrogens (tertiary/aromatic N) is 3. The van der Waals surface area contributed by atoms with Gasteiger partial charge in [-0.2, -0.15) is 0 Å². The number of aryl methyl sites for hydroxylation is 3. The molecule has 4 nitrogen and oxygen atoms in total. The Bertz CT molecular complexity index is 1140. The van der Waals surface area contributed by atoms with Crippen molar-refractivity contribution in [1.29, 1.82) is 0 Å². The fourth-order valence-electron chi connectivity index (χ4n) is 5.65. The average Bonchev–Trinajstić information content (AvgIpc) is 3.49. The van der Waals surface area contributed by atoms with Crippen LogP contribution < -0.4 is 10.2 Å². The first-order valence-electron chi connectivity index (χ1n) is 11.7. The molecule has 2 fully saturated rings. The minimum absolute atomic E-state index is 0.00263. The summed E-state index contributed by atoms with van der Waals surface area (Å²) in [5.41, 5.74) is 8.79. The summed E-state index contributed by atoms with van der Waals surface area (Å²) in [5.74, 6) is 0. The van der Waals surface area contributed by atoms with Crippen molar-refractivity contribution in [3.05, 3.63) is 82.4 Å². The van der Waals surface area contributed by atoms with E-state index in [1.165, 1.54) is 53.8 Å². The quantitative estimate of drug-likeness (QED) is 0.472. The van der Waals surface area contributed by atoms with Crippen molar-refractivity contribution in [2.45, 2.75) is 71.5 Å². The predicted octanol–water partition coefficient (Wildman–Crippen LogP) is 6.41. The smallest absolute Gasteiger partial charge is 0.174 e. The van der Waals surface area contributed by atoms with E-state index in [1.54, 1.807) is 0 Å². The molecule has 2 atom stereocenters. The van der Waals surface area contributed by atoms with Gasteiger partial charge in [0.25, 0.3) is 0 Å². The Morgan fingerprint density at radius 1 is 0.969 bits per heavy atom. The largest absolute Gasteiger partial charge is 0.351 e. The molecule has 1 aliphatic carbocycles. The van der Waals surface area contributed by atoms with Crippen molar-refractivity contribution in [2.75, 3.05) is 4.90 Å². The summed E-state index contributed by atoms with van der Waals surface area (Å²) in [7, 11) is 0. The number of benzene rings is 1. The van der Waals surface area contributed by atoms with E-state index in [-0.39, 0.29) is 12.1 Å². The number of thiocarbonyl (C=S) groups is 1. The molecule has 32 heavy (non-hydrogen) atoms. The Morgan fingerprint density at radius 2 is 1.75 bits per heavy atom. The Labute approximate surface area is 196 Å². The van der Waals surface area contributed by atoms with E-state index in [4.69, 9.17) is 17.2 Å². The molecule has 0 bridgehead atoms. The molecule has 5 heteroatoms. The fourth-order valence-corrected chi connectivity index (χ4v) is 6.00. The van der Waals surface area contributed by atoms with E-state index in [9.17, 15) is 0 Å². The molecule has 2 aliphatic rings. The zero-order chi connectivity index (χ0) is 22.4. The number of hydrogen-bond donors (Lipinski definition) is 1. The Morgan fingerprint density at radius 3 is 2.44 bits per heavy atom. The highest BCUT2D eigenvalue weighted by atomic mass is 32.1. The van der Waals surface area contributed by atoms with Crippen LogP contribution in [0.1, 0.15) is 77.6 Å². The summed E-state index contributed by atoms with van der Waals surface area (Å²) >= 11 is 5.92. The van der Waals surface area contributed by atoms with Crippen molar-refractivity contribution in [3.8, 4) is 0 Å². The maximum Gasteiger partial charge on any atom is 0.174 e. The van der Waals surface area contributed by atoms with Gasteiger partial charge in [-0.15, -0.1) is 0 Å². The predicted molar refractivity (Wildman–Crippen MR) is 135 cm³/mol. The van der Waals surface area contributed by atoms with Crippen molar-refractivity contribution >= 4 is 23.0 Å². The molecule has 2 aromatic heterocycles. The van der Waals surface area contributed by atoms with Crippen molar-refractivity contribution in [3.63, 3.8) is 0 Å². The minimum Gasteiger partial charge on any atom is -0.351 e. The lowest BCUT2D eigenvalue weighted by atomic mass is 9.96. The molecule has 1 saturated heterocycles. The van der Waals surface area contributed by atoms with Gasteiger partial charge in [0.2, 0.25) is 0 Å². The summed E-state index contributed by atoms with van der Waals surface area (Å²) in [6, 6.07) is 15.8. The summed E-state index contributed by atoms with van der Waals surface area (Å²) < 4.78 is 2.58. The number of rotatable bonds is 4. The zero-order valence-corrected chi connectivity index (χ0v) is 20.2. The van der Waals surface area contributed by atoms with E-state index in [1.807, 2.05) is 12.3 Å². The third-order valence-corrected chi connectivity index (χ3v) is 7.71. The first kappa shape index (κ1) is 21.2. The highest BCUT2D eigenvalue weighted by Gasteiger charge is 2.42. The lowest BCUT2D eigenvalue weighted by molar-refractivity contribution is 0.494. The molecule has 0 radical (unpaired) electrons. The van der Waals surface area contributed by atoms with Gasteiger partial charge in [-0.05, 0) is 99.8 Å². The lowest BCUT2D eigenvalue weighted by Gasteiger charge is -2.29. The Kier molecular flexibility index (Phi) is 5.54. The van der Waals surface area contributed by atoms with Crippen LogP contribution in [0.4, 0.5) is 5.69 Å². The first-order valence-corrected chi connectivity index (χ1v) is 12.1. The van der Waals surface area contributed by atoms with Gasteiger partial charge >= 0.3 is 0 Å². The van der Waals surface area contributed by atoms with Gasteiger partial charge in [-0.3, -0.25) is 4.98 Å². The minimum atomic E-state index is 0.00263. The average molecular weight is 445 g/mol. The molecule has 1 aromatic carbocycles. The normalized spacial score (nSPS) is 21.4. The van der Waals surface area contributed by atoms with Gasteiger partial charge in [-0.1, -0.05) is 25.0 Å². The second-order valence-corrected chi connectivity index (χ2v) is 9.79. The van der Waals surface area contributed by atoms with Gasteiger partial charge in [0.1, 0.15) is 0 Å². The van der Waals surface area contributed by atoms with Crippen molar-refractivity contribution in [2.24, 2.45) is 0 Å². The number of aromatic nitrogens is 2. The summed E-state index contributed by atoms with van der Waals surface area (Å²) in [6.07, 6.45) is 7.09. The van der Waals surface area contributed by atoms with Crippen molar-refractivity contribution < 1.29 is 0 Å². The van der Waals surface area contributed by atoms with Crippen molar-refractivity contribution in [1.82, 2.24) is 14.9 Å². The maximum atomic E-state index is 5.92. The molecule has 3 aromatic rings. The molecule has 0 amide bonds. The highest BCUT2D eigenvalue weighted by molar-refractivity contribution is 7.80. The monoisotopic (exact) mass is 444 g/mol. The number of pyridine rings is 1. The number of nitrogens with one attached hydrogen (secondary N) is 1. The molecular weight excluding hydrogens is 412 g/mol. The van der Waals surface area contributed by atoms with Gasteiger partial charge in [0.05, 0.1) is 17.8 Å². The first-order chi connectivity index (χ1) is 15.5. The van der Waals surface area contributed by atoms with Gasteiger partial charge in [0.15, 0.2) is 5.11 Å². The van der Waals surface area contributed by atoms with Crippen LogP contribution in [0, 0.1) is 27.7 Å². The molecule has 5 rings (SSSR count). The van der Waals surface area contributed by atoms with Crippen LogP contribution >= 0.6 is 12.2 Å². The molecule has 1 saturated carbocycles. The Hall–Kier alpha value is -2.66. The van der Waals surface area contributed by atoms with E-state index >= 15 is 0 Å². The van der Waals surface area contributed by atoms with Crippen LogP contribution in [0.5, 0.6) is 0 Å². The molecule has 1 aliphatic heterocycles. The topological polar surface area (TPSA) is 33.1 Å². The molecule has 0 spiro atoms. The number of anilines is 1. The standard InChI is InChI=1S/C27H32N4S/c1-17-12-13-22(15-18(17)2)31-26(25(29-27(31)32)24-11-7-8-14-28-24)23-16-19(3)30(20(23)4)21-9-5-6-10-21/h7-8,11-16,21,25-26H,5-6,9-10H2,1-4H3,(H,29,32)/t25-,26+/m0/s1. The van der Waals surface area contributed by atoms with Gasteiger partial charge < -0.3 is 14.8 Å². The summed E-state index contributed by atoms with van der Waals surface area (Å²) in [4.78, 5) is 7.02. The summed E-state index contributed by atoms with van der Waals surface area (Å²) in [5, 5.41) is 4.38. The summed E-state index contributed by atoms with van der Waals surface area (Å²) in [6.45, 7) is 8.87. The number of hydrogen-bond acceptors (Lipinski definition) is 2. The van der Waals surface area contributed by atoms with Crippen LogP contribution in [0.2, 0.25) is 0 Å². The van der Waals surface area contributed by atoms with Crippen LogP contribution in [-0.4, -0.2) is 14.7 Å². The van der Waals surface area contributed by atoms with E-state index in [0.717, 1.165) is 16.5 Å². The zero-order valence-electron chi connectivity index (χ0n) is 19.4. The van der Waals surface area contributed by atoms with Gasteiger partial charge in [0, 0.05) is 29.3 Å². The Balaban J connectivity index is 1.65. The SMILES string of the molecule is Cc1ccc(N2C(=S)N[C@@H](c3ccccn3)[C@H]2c2cc(C)n(C3CCCC3)c2C)cc1C. The molecular formula is C27H32N4S. The van der Waals surface area contributed by atoms with Crippen LogP contribution in [0.15, 0.2) is 48.7 Å². The fraction of sp³-hybridized carbons (Fsp3) is 0.407. The van der Waals surface area contributed by atoms with E-state index < -0.39 is 0 Å². The third kappa shape index (κ3) is 3.53. The third-order valence-electron chi connectivity index (χ3n) is 7.40. The molecule has 166 valence electrons. The lowest BCUT2D eigenvalue weighted by Crippen LogP contribution is -2.29. The van der Waals surface area contributed by atoms with Crippen LogP contribution in [0.25, 0.3) is 0 Å². The second kappa shape index (κ2) is 8.36. The molecule has 1 N–H and O–H groups in total. The molecule has 0 unspecified atom stereocenters. The van der Waals surface area contributed by atoms with E-state index in [2.05, 4.69) is 78.9 Å². The van der Waals surface area contributed by atoms with E-state index in [0.29, 0.717) is 6.04 Å². The second-order valence-electron chi connectivity index (χ2n) is 9.40. The maximum absolute atomic E-state index is 5.92. The van der Waals surface area contributed by atoms with Crippen LogP contribution in [0.3, 0.4) is 0 Å². The van der Waals surface area contributed by atoms with Gasteiger partial charge in [-0.25, -0.2) is 0 Å².